The molecule has 1 unspecified atom stereocenters. The number of hydrogen-bond donors (Lipinski definition) is 4. The molecule has 0 aliphatic heterocycles. The van der Waals surface area contributed by atoms with Crippen molar-refractivity contribution in [1.29, 1.82) is 0 Å². The van der Waals surface area contributed by atoms with Crippen LogP contribution < -0.4 is 27.2 Å². The Morgan fingerprint density at radius 2 is 1.85 bits per heavy atom. The second-order valence-electron chi connectivity index (χ2n) is 11.8. The normalized spacial score (nSPS) is 13.7. The number of aromatic amines is 1. The summed E-state index contributed by atoms with van der Waals surface area (Å²) in [5.41, 5.74) is 13.1. The zero-order chi connectivity index (χ0) is 34.7. The first-order chi connectivity index (χ1) is 22.9. The molecule has 48 heavy (non-hydrogen) atoms. The maximum Gasteiger partial charge on any atom is 0.573 e. The van der Waals surface area contributed by atoms with E-state index in [9.17, 15) is 18.0 Å². The van der Waals surface area contributed by atoms with E-state index >= 15 is 4.39 Å². The summed E-state index contributed by atoms with van der Waals surface area (Å²) in [6.07, 6.45) is 3.22. The predicted molar refractivity (Wildman–Crippen MR) is 179 cm³/mol. The van der Waals surface area contributed by atoms with Crippen LogP contribution in [0.5, 0.6) is 5.75 Å². The van der Waals surface area contributed by atoms with E-state index in [0.29, 0.717) is 61.4 Å². The number of aliphatic imine (C=N–C) groups is 1. The molecule has 1 atom stereocenters. The maximum absolute atomic E-state index is 15.4. The Bertz CT molecular complexity index is 1710. The lowest BCUT2D eigenvalue weighted by Gasteiger charge is -2.15. The molecule has 0 spiro atoms. The molecular weight excluding hydrogens is 630 g/mol. The molecule has 2 aromatic carbocycles. The van der Waals surface area contributed by atoms with Gasteiger partial charge in [0.05, 0.1) is 23.8 Å². The fraction of sp³-hybridized carbons (Fsp3) is 0.441. The van der Waals surface area contributed by atoms with Crippen molar-refractivity contribution >= 4 is 16.9 Å². The molecule has 1 fully saturated rings. The molecule has 2 heterocycles. The second kappa shape index (κ2) is 17.2. The van der Waals surface area contributed by atoms with Crippen molar-refractivity contribution in [2.75, 3.05) is 26.8 Å². The van der Waals surface area contributed by atoms with Gasteiger partial charge in [-0.25, -0.2) is 9.18 Å². The lowest BCUT2D eigenvalue weighted by atomic mass is 10.0. The monoisotopic (exact) mass is 673 g/mol. The number of alkyl halides is 3. The minimum absolute atomic E-state index is 0.144. The topological polar surface area (TPSA) is 146 Å². The van der Waals surface area contributed by atoms with Crippen LogP contribution in [0.3, 0.4) is 0 Å². The van der Waals surface area contributed by atoms with Crippen LogP contribution in [0.25, 0.3) is 28.0 Å². The van der Waals surface area contributed by atoms with E-state index in [0.717, 1.165) is 24.6 Å². The fourth-order valence-electron chi connectivity index (χ4n) is 4.85. The van der Waals surface area contributed by atoms with E-state index in [2.05, 4.69) is 25.0 Å². The highest BCUT2D eigenvalue weighted by atomic mass is 19.4. The smallest absolute Gasteiger partial charge is 0.403 e. The zero-order valence-electron chi connectivity index (χ0n) is 27.2. The Kier molecular flexibility index (Phi) is 13.1. The number of nitrogens with zero attached hydrogens (tertiary/aromatic N) is 3. The van der Waals surface area contributed by atoms with Gasteiger partial charge in [-0.2, -0.15) is 4.98 Å². The molecular formula is C34H43F4N7O3. The van der Waals surface area contributed by atoms with Gasteiger partial charge in [0, 0.05) is 43.4 Å². The Morgan fingerprint density at radius 3 is 2.50 bits per heavy atom. The summed E-state index contributed by atoms with van der Waals surface area (Å²) in [7, 11) is 1.53. The number of amidine groups is 1. The molecule has 10 nitrogen and oxygen atoms in total. The first-order valence-corrected chi connectivity index (χ1v) is 16.0. The first-order valence-electron chi connectivity index (χ1n) is 16.0. The highest BCUT2D eigenvalue weighted by molar-refractivity contribution is 5.83. The Hall–Kier alpha value is -4.27. The SMILES string of the molecule is C1CC1.COCC(N)CCCc1cc(OC(F)(F)F)c(F)c(-c2cc3cn(-c4ccc(CNCCCN=C(C)N)cc4)c(=O)nc3[nH]2)c1. The van der Waals surface area contributed by atoms with Gasteiger partial charge < -0.3 is 31.2 Å². The van der Waals surface area contributed by atoms with Gasteiger partial charge in [0.15, 0.2) is 11.6 Å². The number of aromatic nitrogens is 3. The second-order valence-corrected chi connectivity index (χ2v) is 11.8. The van der Waals surface area contributed by atoms with Crippen LogP contribution in [0, 0.1) is 5.82 Å². The van der Waals surface area contributed by atoms with E-state index in [4.69, 9.17) is 16.2 Å². The zero-order valence-corrected chi connectivity index (χ0v) is 27.2. The summed E-state index contributed by atoms with van der Waals surface area (Å²) in [5.74, 6) is -1.59. The summed E-state index contributed by atoms with van der Waals surface area (Å²) >= 11 is 0. The molecule has 0 bridgehead atoms. The van der Waals surface area contributed by atoms with Crippen molar-refractivity contribution in [2.24, 2.45) is 16.5 Å². The van der Waals surface area contributed by atoms with Gasteiger partial charge in [-0.05, 0) is 80.6 Å². The van der Waals surface area contributed by atoms with Gasteiger partial charge in [0.2, 0.25) is 0 Å². The molecule has 0 radical (unpaired) electrons. The molecule has 0 amide bonds. The van der Waals surface area contributed by atoms with Crippen LogP contribution >= 0.6 is 0 Å². The number of methoxy groups -OCH3 is 1. The Balaban J connectivity index is 0.00000164. The maximum atomic E-state index is 15.4. The fourth-order valence-corrected chi connectivity index (χ4v) is 4.85. The Labute approximate surface area is 276 Å². The number of nitrogens with one attached hydrogen (secondary N) is 2. The molecule has 1 aliphatic rings. The molecule has 1 aliphatic carbocycles. The Morgan fingerprint density at radius 1 is 1.12 bits per heavy atom. The number of hydrogen-bond acceptors (Lipinski definition) is 7. The first kappa shape index (κ1) is 36.6. The number of fused-ring (bicyclic) bond motifs is 1. The quantitative estimate of drug-likeness (QED) is 0.0545. The number of H-pyrrole nitrogens is 1. The van der Waals surface area contributed by atoms with Crippen molar-refractivity contribution in [3.63, 3.8) is 0 Å². The summed E-state index contributed by atoms with van der Waals surface area (Å²) < 4.78 is 65.1. The lowest BCUT2D eigenvalue weighted by molar-refractivity contribution is -0.275. The van der Waals surface area contributed by atoms with E-state index in [1.54, 1.807) is 25.3 Å². The van der Waals surface area contributed by atoms with Crippen molar-refractivity contribution < 1.29 is 27.0 Å². The van der Waals surface area contributed by atoms with E-state index < -0.39 is 23.6 Å². The van der Waals surface area contributed by atoms with Crippen molar-refractivity contribution in [3.05, 3.63) is 76.1 Å². The van der Waals surface area contributed by atoms with E-state index in [-0.39, 0.29) is 22.9 Å². The van der Waals surface area contributed by atoms with Gasteiger partial charge in [-0.3, -0.25) is 9.56 Å². The molecule has 1 saturated carbocycles. The largest absolute Gasteiger partial charge is 0.573 e. The van der Waals surface area contributed by atoms with Gasteiger partial charge in [-0.15, -0.1) is 13.2 Å². The average Bonchev–Trinajstić information content (AvgIpc) is 3.86. The van der Waals surface area contributed by atoms with Crippen molar-refractivity contribution in [2.45, 2.75) is 70.8 Å². The lowest BCUT2D eigenvalue weighted by Crippen LogP contribution is -2.25. The minimum Gasteiger partial charge on any atom is -0.403 e. The van der Waals surface area contributed by atoms with Crippen molar-refractivity contribution in [3.8, 4) is 22.7 Å². The number of benzene rings is 2. The number of halogens is 4. The van der Waals surface area contributed by atoms with Crippen LogP contribution in [-0.2, 0) is 17.7 Å². The van der Waals surface area contributed by atoms with Gasteiger partial charge in [-0.1, -0.05) is 31.4 Å². The molecule has 5 rings (SSSR count). The summed E-state index contributed by atoms with van der Waals surface area (Å²) in [5, 5.41) is 3.78. The standard InChI is InChI=1S/C31H37F4N7O3.C3H6/c1-19(36)39-12-4-11-38-16-20-7-9-24(10-8-20)42-17-22-15-26(40-29(22)41-30(42)43)25-13-21(5-3-6-23(37)18-44-2)14-27(28(25)32)45-31(33,34)35;1-2-3-1/h7-10,13-15,17,23,38H,3-6,11-12,16,18,37H2,1-2H3,(H2,36,39)(H,40,41,43);1-3H2. The number of ether oxygens (including phenoxy) is 2. The molecule has 0 saturated heterocycles. The van der Waals surface area contributed by atoms with Gasteiger partial charge in [0.1, 0.15) is 5.65 Å². The summed E-state index contributed by atoms with van der Waals surface area (Å²) in [6.45, 7) is 4.14. The summed E-state index contributed by atoms with van der Waals surface area (Å²) in [6, 6.07) is 11.1. The molecule has 260 valence electrons. The third-order valence-corrected chi connectivity index (χ3v) is 7.31. The molecule has 2 aromatic heterocycles. The molecule has 4 aromatic rings. The van der Waals surface area contributed by atoms with Crippen LogP contribution in [0.4, 0.5) is 17.6 Å². The number of rotatable bonds is 15. The number of nitrogens with two attached hydrogens (primary N) is 2. The predicted octanol–water partition coefficient (Wildman–Crippen LogP) is 5.74. The van der Waals surface area contributed by atoms with Crippen molar-refractivity contribution in [1.82, 2.24) is 19.9 Å². The minimum atomic E-state index is -5.09. The average molecular weight is 674 g/mol. The van der Waals surface area contributed by atoms with Crippen LogP contribution in [0.1, 0.15) is 56.6 Å². The third-order valence-electron chi connectivity index (χ3n) is 7.31. The highest BCUT2D eigenvalue weighted by Crippen LogP contribution is 2.35. The van der Waals surface area contributed by atoms with Gasteiger partial charge in [0.25, 0.3) is 0 Å². The highest BCUT2D eigenvalue weighted by Gasteiger charge is 2.33. The van der Waals surface area contributed by atoms with Crippen LogP contribution in [-0.4, -0.2) is 59.6 Å². The third kappa shape index (κ3) is 11.5. The number of aryl methyl sites for hydroxylation is 1. The van der Waals surface area contributed by atoms with Crippen LogP contribution in [0.15, 0.2) is 58.4 Å². The van der Waals surface area contributed by atoms with Crippen LogP contribution in [0.2, 0.25) is 0 Å². The molecule has 14 heteroatoms. The van der Waals surface area contributed by atoms with E-state index in [1.807, 2.05) is 12.1 Å². The molecule has 6 N–H and O–H groups in total. The van der Waals surface area contributed by atoms with E-state index in [1.165, 1.54) is 43.1 Å². The van der Waals surface area contributed by atoms with Gasteiger partial charge >= 0.3 is 12.1 Å². The summed E-state index contributed by atoms with van der Waals surface area (Å²) in [4.78, 5) is 24.0.